The Kier molecular flexibility index (Phi) is 4.75. The van der Waals surface area contributed by atoms with Gasteiger partial charge >= 0.3 is 12.1 Å². The molecule has 1 saturated heterocycles. The topological polar surface area (TPSA) is 58.6 Å². The zero-order chi connectivity index (χ0) is 14.0. The third kappa shape index (κ3) is 4.46. The van der Waals surface area contributed by atoms with E-state index in [-0.39, 0.29) is 25.9 Å². The molecule has 0 aliphatic carbocycles. The molecule has 0 amide bonds. The van der Waals surface area contributed by atoms with E-state index in [2.05, 4.69) is 9.05 Å². The predicted octanol–water partition coefficient (Wildman–Crippen LogP) is 2.63. The van der Waals surface area contributed by atoms with Crippen LogP contribution in [0.25, 0.3) is 0 Å². The van der Waals surface area contributed by atoms with Crippen molar-refractivity contribution in [2.24, 2.45) is 0 Å². The molecule has 2 unspecified atom stereocenters. The van der Waals surface area contributed by atoms with Gasteiger partial charge in [0.1, 0.15) is 0 Å². The summed E-state index contributed by atoms with van der Waals surface area (Å²) >= 11 is 0. The van der Waals surface area contributed by atoms with Crippen molar-refractivity contribution in [1.82, 2.24) is 0 Å². The van der Waals surface area contributed by atoms with Gasteiger partial charge in [-0.1, -0.05) is 0 Å². The minimum absolute atomic E-state index is 0.164. The first-order chi connectivity index (χ1) is 8.04. The van der Waals surface area contributed by atoms with Gasteiger partial charge in [0, 0.05) is 6.42 Å². The van der Waals surface area contributed by atoms with Crippen LogP contribution < -0.4 is 4.89 Å². The molecule has 0 aromatic carbocycles. The number of phosphoric acid groups is 1. The molecule has 0 spiro atoms. The van der Waals surface area contributed by atoms with Crippen molar-refractivity contribution in [2.45, 2.75) is 43.9 Å². The van der Waals surface area contributed by atoms with Crippen molar-refractivity contribution < 1.29 is 40.5 Å². The van der Waals surface area contributed by atoms with Crippen LogP contribution in [0.1, 0.15) is 25.7 Å². The van der Waals surface area contributed by atoms with Crippen molar-refractivity contribution in [2.75, 3.05) is 6.61 Å². The molecule has 0 N–H and O–H groups in total. The lowest BCUT2D eigenvalue weighted by Gasteiger charge is -2.32. The number of rotatable bonds is 2. The molecule has 0 bridgehead atoms. The molecule has 0 aromatic heterocycles. The van der Waals surface area contributed by atoms with Gasteiger partial charge < -0.3 is 13.9 Å². The Morgan fingerprint density at radius 3 is 2.39 bits per heavy atom. The molecule has 18 heavy (non-hydrogen) atoms. The molecular formula is C8H11F5O4P-. The highest BCUT2D eigenvalue weighted by Gasteiger charge is 2.58. The maximum Gasteiger partial charge on any atom is 0.453 e. The van der Waals surface area contributed by atoms with Gasteiger partial charge in [-0.2, -0.15) is 22.0 Å². The van der Waals surface area contributed by atoms with Gasteiger partial charge in [0.15, 0.2) is 0 Å². The molecule has 1 rings (SSSR count). The molecular weight excluding hydrogens is 286 g/mol. The highest BCUT2D eigenvalue weighted by atomic mass is 31.2. The van der Waals surface area contributed by atoms with Crippen LogP contribution in [0.4, 0.5) is 22.0 Å². The number of hydrogen-bond acceptors (Lipinski definition) is 4. The Morgan fingerprint density at radius 1 is 1.22 bits per heavy atom. The smallest absolute Gasteiger partial charge is 0.453 e. The molecule has 0 saturated carbocycles. The zero-order valence-electron chi connectivity index (χ0n) is 9.08. The molecule has 108 valence electrons. The van der Waals surface area contributed by atoms with E-state index in [1.165, 1.54) is 0 Å². The summed E-state index contributed by atoms with van der Waals surface area (Å²) in [5.41, 5.74) is 0. The maximum absolute atomic E-state index is 12.8. The van der Waals surface area contributed by atoms with E-state index in [0.29, 0.717) is 0 Å². The van der Waals surface area contributed by atoms with E-state index in [1.807, 2.05) is 0 Å². The molecule has 1 fully saturated rings. The third-order valence-electron chi connectivity index (χ3n) is 2.35. The zero-order valence-corrected chi connectivity index (χ0v) is 9.98. The largest absolute Gasteiger partial charge is 0.756 e. The lowest BCUT2D eigenvalue weighted by molar-refractivity contribution is -0.293. The van der Waals surface area contributed by atoms with Crippen LogP contribution in [0.5, 0.6) is 0 Å². The van der Waals surface area contributed by atoms with E-state index in [1.54, 1.807) is 0 Å². The summed E-state index contributed by atoms with van der Waals surface area (Å²) in [5.74, 6) is -4.99. The van der Waals surface area contributed by atoms with Crippen molar-refractivity contribution in [3.63, 3.8) is 0 Å². The number of halogens is 5. The average Bonchev–Trinajstić information content (AvgIpc) is 2.10. The Morgan fingerprint density at radius 2 is 1.83 bits per heavy atom. The summed E-state index contributed by atoms with van der Waals surface area (Å²) in [6.45, 7) is -0.164. The van der Waals surface area contributed by atoms with E-state index < -0.39 is 32.4 Å². The van der Waals surface area contributed by atoms with Gasteiger partial charge in [-0.05, 0) is 19.3 Å². The number of phosphoric ester groups is 1. The fraction of sp³-hybridized carbons (Fsp3) is 1.00. The van der Waals surface area contributed by atoms with Crippen LogP contribution in [0.2, 0.25) is 0 Å². The fourth-order valence-electron chi connectivity index (χ4n) is 1.46. The SMILES string of the molecule is O=P1([O-])OCCCCC(CC(F)(F)C(F)(F)F)O1. The standard InChI is InChI=1S/C8H12F5O4P/c9-7(10,8(11,12)13)5-6-3-1-2-4-16-18(14,15)17-6/h6H,1-5H2,(H,14,15)/p-1. The number of hydrogen-bond donors (Lipinski definition) is 0. The Hall–Kier alpha value is -0.240. The summed E-state index contributed by atoms with van der Waals surface area (Å²) in [6.07, 6.45) is -8.88. The molecule has 4 nitrogen and oxygen atoms in total. The summed E-state index contributed by atoms with van der Waals surface area (Å²) < 4.78 is 81.0. The summed E-state index contributed by atoms with van der Waals surface area (Å²) in [7, 11) is -4.80. The highest BCUT2D eigenvalue weighted by Crippen LogP contribution is 2.46. The average molecular weight is 297 g/mol. The summed E-state index contributed by atoms with van der Waals surface area (Å²) in [4.78, 5) is 11.0. The lowest BCUT2D eigenvalue weighted by Crippen LogP contribution is -2.40. The second-order valence-electron chi connectivity index (χ2n) is 3.91. The highest BCUT2D eigenvalue weighted by molar-refractivity contribution is 7.45. The first-order valence-electron chi connectivity index (χ1n) is 5.12. The molecule has 0 radical (unpaired) electrons. The van der Waals surface area contributed by atoms with Crippen molar-refractivity contribution in [1.29, 1.82) is 0 Å². The quantitative estimate of drug-likeness (QED) is 0.580. The van der Waals surface area contributed by atoms with Crippen LogP contribution in [0, 0.1) is 0 Å². The van der Waals surface area contributed by atoms with Crippen molar-refractivity contribution >= 4 is 7.82 Å². The third-order valence-corrected chi connectivity index (χ3v) is 3.40. The molecule has 1 aliphatic rings. The lowest BCUT2D eigenvalue weighted by atomic mass is 10.0. The molecule has 1 aliphatic heterocycles. The summed E-state index contributed by atoms with van der Waals surface area (Å²) in [6, 6.07) is 0. The van der Waals surface area contributed by atoms with Gasteiger partial charge in [0.05, 0.1) is 12.7 Å². The van der Waals surface area contributed by atoms with E-state index in [4.69, 9.17) is 0 Å². The van der Waals surface area contributed by atoms with Gasteiger partial charge in [0.2, 0.25) is 0 Å². The van der Waals surface area contributed by atoms with Crippen LogP contribution >= 0.6 is 7.82 Å². The van der Waals surface area contributed by atoms with Gasteiger partial charge in [-0.25, -0.2) is 0 Å². The molecule has 2 atom stereocenters. The van der Waals surface area contributed by atoms with Gasteiger partial charge in [0.25, 0.3) is 7.82 Å². The van der Waals surface area contributed by atoms with E-state index >= 15 is 0 Å². The second-order valence-corrected chi connectivity index (χ2v) is 5.27. The van der Waals surface area contributed by atoms with Gasteiger partial charge in [-0.3, -0.25) is 4.57 Å². The first-order valence-corrected chi connectivity index (χ1v) is 6.58. The molecule has 10 heteroatoms. The summed E-state index contributed by atoms with van der Waals surface area (Å²) in [5, 5.41) is 0. The Labute approximate surface area is 99.7 Å². The van der Waals surface area contributed by atoms with E-state index in [0.717, 1.165) is 0 Å². The normalized spacial score (nSPS) is 31.8. The van der Waals surface area contributed by atoms with Crippen LogP contribution in [0.15, 0.2) is 0 Å². The first kappa shape index (κ1) is 15.8. The molecule has 1 heterocycles. The second kappa shape index (κ2) is 5.40. The maximum atomic E-state index is 12.8. The van der Waals surface area contributed by atoms with E-state index in [9.17, 15) is 31.4 Å². The minimum atomic E-state index is -5.73. The van der Waals surface area contributed by atoms with Crippen molar-refractivity contribution in [3.8, 4) is 0 Å². The van der Waals surface area contributed by atoms with Crippen LogP contribution in [-0.2, 0) is 13.6 Å². The van der Waals surface area contributed by atoms with Crippen molar-refractivity contribution in [3.05, 3.63) is 0 Å². The van der Waals surface area contributed by atoms with Crippen LogP contribution in [-0.4, -0.2) is 24.8 Å². The number of alkyl halides is 5. The Balaban J connectivity index is 2.72. The fourth-order valence-corrected chi connectivity index (χ4v) is 2.42. The Bertz CT molecular complexity index is 332. The molecule has 0 aromatic rings. The monoisotopic (exact) mass is 297 g/mol. The minimum Gasteiger partial charge on any atom is -0.756 e. The van der Waals surface area contributed by atoms with Gasteiger partial charge in [-0.15, -0.1) is 0 Å². The predicted molar refractivity (Wildman–Crippen MR) is 47.9 cm³/mol. The van der Waals surface area contributed by atoms with Crippen LogP contribution in [0.3, 0.4) is 0 Å².